The molecule has 1 aliphatic rings. The van der Waals surface area contributed by atoms with Crippen molar-refractivity contribution >= 4 is 11.6 Å². The average molecular weight is 289 g/mol. The molecule has 1 amide bonds. The summed E-state index contributed by atoms with van der Waals surface area (Å²) in [4.78, 5) is 16.6. The zero-order chi connectivity index (χ0) is 15.2. The number of hydrogen-bond acceptors (Lipinski definition) is 3. The Morgan fingerprint density at radius 2 is 2.00 bits per heavy atom. The van der Waals surface area contributed by atoms with Gasteiger partial charge in [0.25, 0.3) is 5.91 Å². The maximum Gasteiger partial charge on any atom is 0.253 e. The van der Waals surface area contributed by atoms with Crippen LogP contribution in [0.5, 0.6) is 0 Å². The van der Waals surface area contributed by atoms with Crippen LogP contribution in [0.3, 0.4) is 0 Å². The van der Waals surface area contributed by atoms with Gasteiger partial charge in [-0.15, -0.1) is 0 Å². The monoisotopic (exact) mass is 289 g/mol. The van der Waals surface area contributed by atoms with Crippen molar-refractivity contribution in [2.75, 3.05) is 45.2 Å². The first kappa shape index (κ1) is 15.8. The Balaban J connectivity index is 2.01. The van der Waals surface area contributed by atoms with E-state index in [0.29, 0.717) is 5.92 Å². The number of rotatable bonds is 5. The lowest BCUT2D eigenvalue weighted by molar-refractivity contribution is 0.0729. The minimum Gasteiger partial charge on any atom is -0.378 e. The van der Waals surface area contributed by atoms with Gasteiger partial charge in [0.05, 0.1) is 0 Å². The molecule has 1 atom stereocenters. The van der Waals surface area contributed by atoms with Crippen LogP contribution >= 0.6 is 0 Å². The van der Waals surface area contributed by atoms with Crippen molar-refractivity contribution in [1.82, 2.24) is 10.2 Å². The van der Waals surface area contributed by atoms with E-state index in [2.05, 4.69) is 12.2 Å². The Kier molecular flexibility index (Phi) is 5.62. The SMILES string of the molecule is CCN(CC1CCCNC1)C(=O)c1ccc(N(C)C)cc1. The summed E-state index contributed by atoms with van der Waals surface area (Å²) in [7, 11) is 4.01. The number of amides is 1. The summed E-state index contributed by atoms with van der Waals surface area (Å²) in [5, 5.41) is 3.42. The maximum atomic E-state index is 12.6. The zero-order valence-electron chi connectivity index (χ0n) is 13.4. The molecule has 116 valence electrons. The van der Waals surface area contributed by atoms with E-state index in [1.54, 1.807) is 0 Å². The first-order chi connectivity index (χ1) is 10.1. The largest absolute Gasteiger partial charge is 0.378 e. The van der Waals surface area contributed by atoms with Gasteiger partial charge >= 0.3 is 0 Å². The predicted octanol–water partition coefficient (Wildman–Crippen LogP) is 2.21. The van der Waals surface area contributed by atoms with Gasteiger partial charge in [-0.2, -0.15) is 0 Å². The smallest absolute Gasteiger partial charge is 0.253 e. The second-order valence-corrected chi connectivity index (χ2v) is 6.00. The summed E-state index contributed by atoms with van der Waals surface area (Å²) >= 11 is 0. The van der Waals surface area contributed by atoms with Gasteiger partial charge in [0.15, 0.2) is 0 Å². The van der Waals surface area contributed by atoms with E-state index in [1.165, 1.54) is 12.8 Å². The fourth-order valence-electron chi connectivity index (χ4n) is 2.83. The summed E-state index contributed by atoms with van der Waals surface area (Å²) in [6.07, 6.45) is 2.43. The number of anilines is 1. The summed E-state index contributed by atoms with van der Waals surface area (Å²) in [5.41, 5.74) is 1.90. The van der Waals surface area contributed by atoms with Crippen molar-refractivity contribution in [3.8, 4) is 0 Å². The van der Waals surface area contributed by atoms with E-state index in [1.807, 2.05) is 48.2 Å². The Bertz CT molecular complexity index is 450. The highest BCUT2D eigenvalue weighted by Gasteiger charge is 2.20. The number of benzene rings is 1. The van der Waals surface area contributed by atoms with Crippen LogP contribution in [0.15, 0.2) is 24.3 Å². The first-order valence-electron chi connectivity index (χ1n) is 7.89. The van der Waals surface area contributed by atoms with Gasteiger partial charge in [-0.25, -0.2) is 0 Å². The Labute approximate surface area is 128 Å². The van der Waals surface area contributed by atoms with E-state index in [9.17, 15) is 4.79 Å². The molecule has 1 fully saturated rings. The highest BCUT2D eigenvalue weighted by molar-refractivity contribution is 5.94. The van der Waals surface area contributed by atoms with Crippen LogP contribution < -0.4 is 10.2 Å². The van der Waals surface area contributed by atoms with Crippen molar-refractivity contribution in [2.45, 2.75) is 19.8 Å². The molecule has 0 aliphatic carbocycles. The quantitative estimate of drug-likeness (QED) is 0.903. The summed E-state index contributed by atoms with van der Waals surface area (Å²) in [6, 6.07) is 7.87. The molecule has 1 aromatic carbocycles. The second kappa shape index (κ2) is 7.46. The average Bonchev–Trinajstić information content (AvgIpc) is 2.53. The van der Waals surface area contributed by atoms with Crippen LogP contribution in [0.1, 0.15) is 30.1 Å². The summed E-state index contributed by atoms with van der Waals surface area (Å²) < 4.78 is 0. The molecule has 1 aromatic rings. The van der Waals surface area contributed by atoms with Gasteiger partial charge in [0.2, 0.25) is 0 Å². The molecule has 1 aliphatic heterocycles. The number of nitrogens with one attached hydrogen (secondary N) is 1. The Morgan fingerprint density at radius 3 is 2.52 bits per heavy atom. The van der Waals surface area contributed by atoms with E-state index in [4.69, 9.17) is 0 Å². The molecule has 21 heavy (non-hydrogen) atoms. The molecule has 1 saturated heterocycles. The highest BCUT2D eigenvalue weighted by Crippen LogP contribution is 2.16. The number of piperidine rings is 1. The van der Waals surface area contributed by atoms with Gasteiger partial charge in [-0.3, -0.25) is 4.79 Å². The molecule has 0 saturated carbocycles. The normalized spacial score (nSPS) is 18.3. The van der Waals surface area contributed by atoms with E-state index in [-0.39, 0.29) is 5.91 Å². The third-order valence-corrected chi connectivity index (χ3v) is 4.18. The number of carbonyl (C=O) groups is 1. The molecule has 0 aromatic heterocycles. The van der Waals surface area contributed by atoms with Crippen molar-refractivity contribution in [1.29, 1.82) is 0 Å². The van der Waals surface area contributed by atoms with Crippen LogP contribution in [0.2, 0.25) is 0 Å². The molecule has 0 bridgehead atoms. The van der Waals surface area contributed by atoms with Gasteiger partial charge in [0.1, 0.15) is 0 Å². The fraction of sp³-hybridized carbons (Fsp3) is 0.588. The summed E-state index contributed by atoms with van der Waals surface area (Å²) in [6.45, 7) is 5.83. The first-order valence-corrected chi connectivity index (χ1v) is 7.89. The molecule has 1 heterocycles. The number of hydrogen-bond donors (Lipinski definition) is 1. The minimum atomic E-state index is 0.147. The van der Waals surface area contributed by atoms with Gasteiger partial charge in [0, 0.05) is 38.4 Å². The third-order valence-electron chi connectivity index (χ3n) is 4.18. The summed E-state index contributed by atoms with van der Waals surface area (Å²) in [5.74, 6) is 0.733. The number of nitrogens with zero attached hydrogens (tertiary/aromatic N) is 2. The van der Waals surface area contributed by atoms with E-state index >= 15 is 0 Å². The molecular formula is C17H27N3O. The van der Waals surface area contributed by atoms with Crippen molar-refractivity contribution in [3.63, 3.8) is 0 Å². The lowest BCUT2D eigenvalue weighted by Crippen LogP contribution is -2.41. The Morgan fingerprint density at radius 1 is 1.29 bits per heavy atom. The zero-order valence-corrected chi connectivity index (χ0v) is 13.4. The molecule has 2 rings (SSSR count). The lowest BCUT2D eigenvalue weighted by atomic mass is 9.98. The van der Waals surface area contributed by atoms with Crippen molar-refractivity contribution < 1.29 is 4.79 Å². The van der Waals surface area contributed by atoms with Gasteiger partial charge in [-0.1, -0.05) is 0 Å². The lowest BCUT2D eigenvalue weighted by Gasteiger charge is -2.29. The van der Waals surface area contributed by atoms with Crippen LogP contribution in [0.25, 0.3) is 0 Å². The van der Waals surface area contributed by atoms with E-state index < -0.39 is 0 Å². The molecular weight excluding hydrogens is 262 g/mol. The molecule has 4 heteroatoms. The van der Waals surface area contributed by atoms with Crippen LogP contribution in [-0.4, -0.2) is 51.1 Å². The minimum absolute atomic E-state index is 0.147. The molecule has 1 N–H and O–H groups in total. The van der Waals surface area contributed by atoms with Gasteiger partial charge in [-0.05, 0) is 63.0 Å². The van der Waals surface area contributed by atoms with E-state index in [0.717, 1.165) is 37.4 Å². The molecule has 1 unspecified atom stereocenters. The third kappa shape index (κ3) is 4.21. The van der Waals surface area contributed by atoms with Crippen LogP contribution in [0, 0.1) is 5.92 Å². The predicted molar refractivity (Wildman–Crippen MR) is 87.9 cm³/mol. The fourth-order valence-corrected chi connectivity index (χ4v) is 2.83. The van der Waals surface area contributed by atoms with Crippen molar-refractivity contribution in [2.24, 2.45) is 5.92 Å². The standard InChI is InChI=1S/C17H27N3O/c1-4-20(13-14-6-5-11-18-12-14)17(21)15-7-9-16(10-8-15)19(2)3/h7-10,14,18H,4-6,11-13H2,1-3H3. The van der Waals surface area contributed by atoms with Crippen LogP contribution in [0.4, 0.5) is 5.69 Å². The Hall–Kier alpha value is -1.55. The topological polar surface area (TPSA) is 35.6 Å². The highest BCUT2D eigenvalue weighted by atomic mass is 16.2. The maximum absolute atomic E-state index is 12.6. The molecule has 4 nitrogen and oxygen atoms in total. The van der Waals surface area contributed by atoms with Crippen LogP contribution in [-0.2, 0) is 0 Å². The second-order valence-electron chi connectivity index (χ2n) is 6.00. The van der Waals surface area contributed by atoms with Crippen molar-refractivity contribution in [3.05, 3.63) is 29.8 Å². The van der Waals surface area contributed by atoms with Gasteiger partial charge < -0.3 is 15.1 Å². The number of carbonyl (C=O) groups excluding carboxylic acids is 1. The molecule has 0 spiro atoms. The molecule has 0 radical (unpaired) electrons.